The van der Waals surface area contributed by atoms with Crippen LogP contribution in [0.25, 0.3) is 0 Å². The van der Waals surface area contributed by atoms with E-state index in [2.05, 4.69) is 37.5 Å². The second-order valence-electron chi connectivity index (χ2n) is 4.83. The fraction of sp³-hybridized carbons (Fsp3) is 0.385. The van der Waals surface area contributed by atoms with Crippen LogP contribution >= 0.6 is 0 Å². The summed E-state index contributed by atoms with van der Waals surface area (Å²) in [4.78, 5) is 15.9. The third-order valence-electron chi connectivity index (χ3n) is 2.33. The molecule has 1 rings (SSSR count). The molecule has 0 aliphatic heterocycles. The number of methoxy groups -OCH3 is 1. The number of nitrogens with two attached hydrogens (primary N) is 1. The normalized spacial score (nSPS) is 10.2. The first-order chi connectivity index (χ1) is 8.27. The Morgan fingerprint density at radius 3 is 2.28 bits per heavy atom. The Morgan fingerprint density at radius 2 is 1.89 bits per heavy atom. The number of aromatic nitrogens is 1. The molecule has 0 saturated carbocycles. The van der Waals surface area contributed by atoms with Gasteiger partial charge in [-0.3, -0.25) is 0 Å². The second kappa shape index (κ2) is 6.22. The van der Waals surface area contributed by atoms with Gasteiger partial charge in [-0.25, -0.2) is 9.78 Å². The number of esters is 1. The summed E-state index contributed by atoms with van der Waals surface area (Å²) in [6.45, 7) is 8.23. The molecule has 5 heteroatoms. The van der Waals surface area contributed by atoms with Crippen LogP contribution in [0.3, 0.4) is 0 Å². The average molecular weight is 264 g/mol. The Bertz CT molecular complexity index is 462. The summed E-state index contributed by atoms with van der Waals surface area (Å²) >= 11 is 0. The van der Waals surface area contributed by atoms with Crippen molar-refractivity contribution >= 4 is 25.0 Å². The molecular weight excluding hydrogens is 244 g/mol. The van der Waals surface area contributed by atoms with Gasteiger partial charge in [0.25, 0.3) is 0 Å². The highest BCUT2D eigenvalue weighted by molar-refractivity contribution is 6.89. The highest BCUT2D eigenvalue weighted by atomic mass is 28.3. The summed E-state index contributed by atoms with van der Waals surface area (Å²) in [6.07, 6.45) is 8.00. The topological polar surface area (TPSA) is 65.2 Å². The van der Waals surface area contributed by atoms with Crippen LogP contribution in [0, 0.1) is 19.8 Å². The lowest BCUT2D eigenvalue weighted by molar-refractivity contribution is 0.0593. The molecule has 98 valence electrons. The molecule has 0 fully saturated rings. The molecule has 0 atom stereocenters. The minimum Gasteiger partial charge on any atom is -0.464 e. The van der Waals surface area contributed by atoms with Crippen LogP contribution in [0.1, 0.15) is 16.1 Å². The van der Waals surface area contributed by atoms with E-state index in [0.717, 1.165) is 10.9 Å². The zero-order chi connectivity index (χ0) is 14.5. The molecular formula is C13H20N2O2Si. The quantitative estimate of drug-likeness (QED) is 0.500. The van der Waals surface area contributed by atoms with E-state index in [1.807, 2.05) is 6.92 Å². The van der Waals surface area contributed by atoms with Crippen molar-refractivity contribution in [2.24, 2.45) is 0 Å². The predicted octanol–water partition coefficient (Wildman–Crippen LogP) is 1.55. The number of rotatable bonds is 2. The number of nitrogens with zero attached hydrogens (tertiary/aromatic N) is 1. The van der Waals surface area contributed by atoms with Crippen molar-refractivity contribution in [2.45, 2.75) is 26.6 Å². The molecule has 18 heavy (non-hydrogen) atoms. The first-order valence-corrected chi connectivity index (χ1v) is 8.96. The smallest absolute Gasteiger partial charge is 0.356 e. The Hall–Kier alpha value is -1.80. The third-order valence-corrected chi connectivity index (χ3v) is 4.15. The maximum atomic E-state index is 11.5. The molecule has 2 N–H and O–H groups in total. The molecule has 1 heterocycles. The first-order valence-electron chi connectivity index (χ1n) is 5.46. The third kappa shape index (κ3) is 3.60. The summed E-state index contributed by atoms with van der Waals surface area (Å²) in [6, 6.07) is 1.80. The van der Waals surface area contributed by atoms with E-state index in [1.54, 1.807) is 6.07 Å². The summed E-state index contributed by atoms with van der Waals surface area (Å²) < 4.78 is 4.70. The number of aryl methyl sites for hydroxylation is 1. The minimum absolute atomic E-state index is 0.370. The van der Waals surface area contributed by atoms with E-state index >= 15 is 0 Å². The van der Waals surface area contributed by atoms with E-state index in [0.29, 0.717) is 11.4 Å². The van der Waals surface area contributed by atoms with E-state index in [4.69, 9.17) is 10.5 Å². The maximum Gasteiger partial charge on any atom is 0.356 e. The van der Waals surface area contributed by atoms with E-state index in [9.17, 15) is 4.79 Å². The van der Waals surface area contributed by atoms with Crippen LogP contribution in [0.4, 0.5) is 5.69 Å². The molecule has 0 unspecified atom stereocenters. The lowest BCUT2D eigenvalue weighted by Crippen LogP contribution is -2.43. The Labute approximate surface area is 110 Å². The van der Waals surface area contributed by atoms with Crippen LogP contribution in [0.5, 0.6) is 0 Å². The lowest BCUT2D eigenvalue weighted by atomic mass is 10.2. The number of ether oxygens (including phenoxy) is 1. The number of carbonyl (C=O) groups is 1. The SMILES string of the molecule is C#C.COC(=O)c1nc([Si](C)(C)C)c(N)cc1C. The highest BCUT2D eigenvalue weighted by Crippen LogP contribution is 2.13. The van der Waals surface area contributed by atoms with Crippen LogP contribution in [0.2, 0.25) is 19.6 Å². The van der Waals surface area contributed by atoms with Gasteiger partial charge in [0.1, 0.15) is 8.07 Å². The van der Waals surface area contributed by atoms with Crippen molar-refractivity contribution in [3.8, 4) is 12.8 Å². The standard InChI is InChI=1S/C11H18N2O2Si.C2H2/c1-7-6-8(12)10(16(3,4)5)13-9(7)11(14)15-2;1-2/h6H,12H2,1-5H3;1-2H. The number of hydrogen-bond acceptors (Lipinski definition) is 4. The molecule has 1 aromatic rings. The molecule has 0 radical (unpaired) electrons. The summed E-state index contributed by atoms with van der Waals surface area (Å²) in [5.41, 5.74) is 7.73. The van der Waals surface area contributed by atoms with E-state index in [-0.39, 0.29) is 0 Å². The maximum absolute atomic E-state index is 11.5. The Morgan fingerprint density at radius 1 is 1.39 bits per heavy atom. The fourth-order valence-corrected chi connectivity index (χ4v) is 2.92. The predicted molar refractivity (Wildman–Crippen MR) is 77.6 cm³/mol. The second-order valence-corrected chi connectivity index (χ2v) is 9.81. The van der Waals surface area contributed by atoms with Gasteiger partial charge in [0.2, 0.25) is 0 Å². The van der Waals surface area contributed by atoms with Crippen LogP contribution in [-0.2, 0) is 4.74 Å². The minimum atomic E-state index is -1.63. The summed E-state index contributed by atoms with van der Waals surface area (Å²) in [5.74, 6) is -0.406. The van der Waals surface area contributed by atoms with Gasteiger partial charge in [-0.2, -0.15) is 0 Å². The van der Waals surface area contributed by atoms with Gasteiger partial charge in [0.15, 0.2) is 5.69 Å². The molecule has 4 nitrogen and oxygen atoms in total. The van der Waals surface area contributed by atoms with E-state index < -0.39 is 14.0 Å². The van der Waals surface area contributed by atoms with Gasteiger partial charge in [0.05, 0.1) is 7.11 Å². The molecule has 0 spiro atoms. The Balaban J connectivity index is 0.00000137. The van der Waals surface area contributed by atoms with Gasteiger partial charge in [-0.05, 0) is 18.6 Å². The molecule has 0 aliphatic rings. The molecule has 1 aromatic heterocycles. The van der Waals surface area contributed by atoms with Crippen molar-refractivity contribution in [3.63, 3.8) is 0 Å². The average Bonchev–Trinajstić information content (AvgIpc) is 2.29. The molecule has 0 aliphatic carbocycles. The van der Waals surface area contributed by atoms with Crippen molar-refractivity contribution < 1.29 is 9.53 Å². The Kier molecular flexibility index (Phi) is 5.59. The monoisotopic (exact) mass is 264 g/mol. The van der Waals surface area contributed by atoms with Gasteiger partial charge in [-0.15, -0.1) is 12.8 Å². The molecule has 0 saturated heterocycles. The van der Waals surface area contributed by atoms with Crippen LogP contribution in [0.15, 0.2) is 6.07 Å². The van der Waals surface area contributed by atoms with Crippen molar-refractivity contribution in [3.05, 3.63) is 17.3 Å². The van der Waals surface area contributed by atoms with Gasteiger partial charge >= 0.3 is 5.97 Å². The number of hydrogen-bond donors (Lipinski definition) is 1. The van der Waals surface area contributed by atoms with Crippen molar-refractivity contribution in [2.75, 3.05) is 12.8 Å². The van der Waals surface area contributed by atoms with E-state index in [1.165, 1.54) is 7.11 Å². The van der Waals surface area contributed by atoms with Crippen molar-refractivity contribution in [1.82, 2.24) is 4.98 Å². The first kappa shape index (κ1) is 16.2. The lowest BCUT2D eigenvalue weighted by Gasteiger charge is -2.19. The largest absolute Gasteiger partial charge is 0.464 e. The zero-order valence-corrected chi connectivity index (χ0v) is 12.6. The number of pyridine rings is 1. The van der Waals surface area contributed by atoms with Gasteiger partial charge in [-0.1, -0.05) is 19.6 Å². The number of carbonyl (C=O) groups excluding carboxylic acids is 1. The van der Waals surface area contributed by atoms with Crippen LogP contribution < -0.4 is 11.1 Å². The fourth-order valence-electron chi connectivity index (χ4n) is 1.54. The molecule has 0 amide bonds. The van der Waals surface area contributed by atoms with Crippen LogP contribution in [-0.4, -0.2) is 26.1 Å². The molecule has 0 aromatic carbocycles. The van der Waals surface area contributed by atoms with Crippen molar-refractivity contribution in [1.29, 1.82) is 0 Å². The van der Waals surface area contributed by atoms with Gasteiger partial charge in [0, 0.05) is 11.0 Å². The zero-order valence-electron chi connectivity index (χ0n) is 11.6. The number of nitrogen functional groups attached to an aromatic ring is 1. The number of terminal acetylenes is 1. The highest BCUT2D eigenvalue weighted by Gasteiger charge is 2.24. The summed E-state index contributed by atoms with van der Waals surface area (Å²) in [5, 5.41) is 0.860. The summed E-state index contributed by atoms with van der Waals surface area (Å²) in [7, 11) is -0.280. The molecule has 0 bridgehead atoms. The van der Waals surface area contributed by atoms with Gasteiger partial charge < -0.3 is 10.5 Å². The number of anilines is 1.